The van der Waals surface area contributed by atoms with Crippen LogP contribution in [0.5, 0.6) is 11.5 Å². The van der Waals surface area contributed by atoms with Gasteiger partial charge in [0.1, 0.15) is 11.5 Å². The third-order valence-electron chi connectivity index (χ3n) is 11.5. The number of methoxy groups -OCH3 is 1. The Hall–Kier alpha value is -5.89. The van der Waals surface area contributed by atoms with Crippen LogP contribution in [-0.4, -0.2) is 41.4 Å². The molecule has 4 aromatic carbocycles. The van der Waals surface area contributed by atoms with Crippen LogP contribution in [0.3, 0.4) is 0 Å². The number of carbonyl (C=O) groups is 5. The molecule has 2 amide bonds. The van der Waals surface area contributed by atoms with Crippen molar-refractivity contribution in [3.05, 3.63) is 143 Å². The van der Waals surface area contributed by atoms with E-state index in [0.29, 0.717) is 39.3 Å². The normalized spacial score (nSPS) is 26.9. The summed E-state index contributed by atoms with van der Waals surface area (Å²) in [7, 11) is 1.49. The Bertz CT molecular complexity index is 2190. The Morgan fingerprint density at radius 3 is 2.18 bits per heavy atom. The lowest BCUT2D eigenvalue weighted by Gasteiger charge is -2.55. The number of ketones is 3. The maximum absolute atomic E-state index is 15.2. The summed E-state index contributed by atoms with van der Waals surface area (Å²) in [4.78, 5) is 72.1. The molecule has 1 aliphatic heterocycles. The second-order valence-corrected chi connectivity index (χ2v) is 13.8. The molecule has 0 bridgehead atoms. The van der Waals surface area contributed by atoms with Crippen LogP contribution in [0.2, 0.25) is 0 Å². The standard InChI is InChI=1S/C43H35NO7/c1-24(45)25-16-18-28(19-17-25)44-41(49)30-21-20-29-32(37(30)42(44)50)22-33-40(48)31(26-10-5-3-6-11-26)23-36(47)43(33,27-12-7-4-8-13-27)39(29)38-34(46)14-9-15-35(38)51-2/h3-20,23,30,32-33,37,39,46H,21-22H2,1-2H3/t30-,32+,33-,37-,39+,43-/m0/s1. The van der Waals surface area contributed by atoms with Gasteiger partial charge in [-0.25, -0.2) is 0 Å². The fourth-order valence-corrected chi connectivity index (χ4v) is 9.29. The minimum absolute atomic E-state index is 0.101. The number of rotatable bonds is 6. The van der Waals surface area contributed by atoms with Crippen LogP contribution in [0, 0.1) is 23.7 Å². The fourth-order valence-electron chi connectivity index (χ4n) is 9.29. The number of ether oxygens (including phenoxy) is 1. The Morgan fingerprint density at radius 2 is 1.51 bits per heavy atom. The molecule has 2 fully saturated rings. The molecular formula is C43H35NO7. The molecule has 4 aliphatic rings. The topological polar surface area (TPSA) is 118 Å². The summed E-state index contributed by atoms with van der Waals surface area (Å²) >= 11 is 0. The molecule has 0 spiro atoms. The summed E-state index contributed by atoms with van der Waals surface area (Å²) in [6.07, 6.45) is 3.77. The Labute approximate surface area is 295 Å². The average molecular weight is 678 g/mol. The summed E-state index contributed by atoms with van der Waals surface area (Å²) in [6.45, 7) is 1.45. The second-order valence-electron chi connectivity index (χ2n) is 13.8. The smallest absolute Gasteiger partial charge is 0.238 e. The molecule has 1 heterocycles. The highest BCUT2D eigenvalue weighted by Gasteiger charge is 2.66. The molecule has 0 aromatic heterocycles. The zero-order valence-electron chi connectivity index (χ0n) is 28.1. The van der Waals surface area contributed by atoms with Crippen molar-refractivity contribution >= 4 is 40.4 Å². The molecule has 254 valence electrons. The highest BCUT2D eigenvalue weighted by atomic mass is 16.5. The highest BCUT2D eigenvalue weighted by molar-refractivity contribution is 6.32. The van der Waals surface area contributed by atoms with Crippen LogP contribution in [0.4, 0.5) is 5.69 Å². The van der Waals surface area contributed by atoms with E-state index < -0.39 is 35.0 Å². The van der Waals surface area contributed by atoms with Gasteiger partial charge in [0.15, 0.2) is 17.3 Å². The lowest BCUT2D eigenvalue weighted by molar-refractivity contribution is -0.135. The molecule has 8 rings (SSSR count). The number of hydrogen-bond acceptors (Lipinski definition) is 7. The molecule has 3 aliphatic carbocycles. The zero-order valence-corrected chi connectivity index (χ0v) is 28.1. The number of nitrogens with zero attached hydrogens (tertiary/aromatic N) is 1. The number of allylic oxidation sites excluding steroid dienone is 4. The van der Waals surface area contributed by atoms with Gasteiger partial charge in [-0.15, -0.1) is 0 Å². The molecule has 0 radical (unpaired) electrons. The van der Waals surface area contributed by atoms with Crippen LogP contribution < -0.4 is 9.64 Å². The molecule has 51 heavy (non-hydrogen) atoms. The summed E-state index contributed by atoms with van der Waals surface area (Å²) in [6, 6.07) is 29.6. The largest absolute Gasteiger partial charge is 0.508 e. The number of imide groups is 1. The molecular weight excluding hydrogens is 642 g/mol. The van der Waals surface area contributed by atoms with Gasteiger partial charge in [-0.2, -0.15) is 0 Å². The number of fused-ring (bicyclic) bond motifs is 4. The molecule has 4 aromatic rings. The van der Waals surface area contributed by atoms with Crippen LogP contribution in [-0.2, 0) is 24.6 Å². The minimum atomic E-state index is -1.49. The van der Waals surface area contributed by atoms with Crippen molar-refractivity contribution in [1.29, 1.82) is 0 Å². The fraction of sp³-hybridized carbons (Fsp3) is 0.233. The van der Waals surface area contributed by atoms with Gasteiger partial charge in [-0.05, 0) is 79.3 Å². The first-order chi connectivity index (χ1) is 24.7. The van der Waals surface area contributed by atoms with Gasteiger partial charge in [0, 0.05) is 28.5 Å². The summed E-state index contributed by atoms with van der Waals surface area (Å²) < 4.78 is 5.85. The van der Waals surface area contributed by atoms with E-state index in [0.717, 1.165) is 5.57 Å². The van der Waals surface area contributed by atoms with E-state index >= 15 is 9.59 Å². The van der Waals surface area contributed by atoms with Gasteiger partial charge in [-0.3, -0.25) is 28.9 Å². The van der Waals surface area contributed by atoms with Gasteiger partial charge < -0.3 is 9.84 Å². The van der Waals surface area contributed by atoms with Crippen molar-refractivity contribution in [1.82, 2.24) is 0 Å². The number of benzene rings is 4. The van der Waals surface area contributed by atoms with Crippen LogP contribution >= 0.6 is 0 Å². The highest BCUT2D eigenvalue weighted by Crippen LogP contribution is 2.65. The number of aromatic hydroxyl groups is 1. The van der Waals surface area contributed by atoms with Crippen molar-refractivity contribution < 1.29 is 33.8 Å². The summed E-state index contributed by atoms with van der Waals surface area (Å²) in [5, 5.41) is 11.7. The van der Waals surface area contributed by atoms with E-state index in [9.17, 15) is 19.5 Å². The lowest BCUT2D eigenvalue weighted by Crippen LogP contribution is -2.58. The van der Waals surface area contributed by atoms with E-state index in [1.54, 1.807) is 54.6 Å². The number of amides is 2. The maximum atomic E-state index is 15.2. The third-order valence-corrected chi connectivity index (χ3v) is 11.5. The van der Waals surface area contributed by atoms with Crippen molar-refractivity contribution in [3.8, 4) is 11.5 Å². The van der Waals surface area contributed by atoms with Gasteiger partial charge in [-0.1, -0.05) is 78.4 Å². The first kappa shape index (κ1) is 32.3. The monoisotopic (exact) mass is 677 g/mol. The van der Waals surface area contributed by atoms with Gasteiger partial charge >= 0.3 is 0 Å². The van der Waals surface area contributed by atoms with E-state index in [4.69, 9.17) is 4.74 Å². The Kier molecular flexibility index (Phi) is 7.71. The quantitative estimate of drug-likeness (QED) is 0.138. The third kappa shape index (κ3) is 4.69. The van der Waals surface area contributed by atoms with Crippen molar-refractivity contribution in [2.45, 2.75) is 31.1 Å². The maximum Gasteiger partial charge on any atom is 0.238 e. The number of anilines is 1. The molecule has 6 atom stereocenters. The molecule has 1 saturated carbocycles. The number of phenolic OH excluding ortho intramolecular Hbond substituents is 1. The molecule has 0 unspecified atom stereocenters. The Morgan fingerprint density at radius 1 is 0.824 bits per heavy atom. The second kappa shape index (κ2) is 12.2. The molecule has 8 nitrogen and oxygen atoms in total. The van der Waals surface area contributed by atoms with Crippen molar-refractivity contribution in [2.24, 2.45) is 23.7 Å². The lowest BCUT2D eigenvalue weighted by atomic mass is 9.44. The molecule has 1 saturated heterocycles. The first-order valence-electron chi connectivity index (χ1n) is 17.1. The van der Waals surface area contributed by atoms with Gasteiger partial charge in [0.05, 0.1) is 30.0 Å². The van der Waals surface area contributed by atoms with E-state index in [2.05, 4.69) is 0 Å². The van der Waals surface area contributed by atoms with Crippen molar-refractivity contribution in [3.63, 3.8) is 0 Å². The predicted molar refractivity (Wildman–Crippen MR) is 190 cm³/mol. The SMILES string of the molecule is COc1cccc(O)c1[C@H]1C2=CC[C@@H]3C(=O)N(c4ccc(C(C)=O)cc4)C(=O)[C@@H]3[C@@H]2C[C@H]2C(=O)C(c3ccccc3)=CC(=O)[C@@]12c1ccccc1. The molecule has 8 heteroatoms. The summed E-state index contributed by atoms with van der Waals surface area (Å²) in [5.41, 5.74) is 1.95. The van der Waals surface area contributed by atoms with Gasteiger partial charge in [0.2, 0.25) is 11.8 Å². The number of carbonyl (C=O) groups excluding carboxylic acids is 5. The van der Waals surface area contributed by atoms with E-state index in [1.165, 1.54) is 25.0 Å². The van der Waals surface area contributed by atoms with Gasteiger partial charge in [0.25, 0.3) is 0 Å². The Balaban J connectivity index is 1.36. The van der Waals surface area contributed by atoms with E-state index in [1.807, 2.05) is 54.6 Å². The van der Waals surface area contributed by atoms with Crippen LogP contribution in [0.1, 0.15) is 52.7 Å². The number of phenols is 1. The average Bonchev–Trinajstić information content (AvgIpc) is 3.41. The summed E-state index contributed by atoms with van der Waals surface area (Å²) in [5.74, 6) is -5.10. The zero-order chi connectivity index (χ0) is 35.6. The van der Waals surface area contributed by atoms with Crippen molar-refractivity contribution in [2.75, 3.05) is 12.0 Å². The number of Topliss-reactive ketones (excluding diaryl/α,β-unsaturated/α-hetero) is 2. The predicted octanol–water partition coefficient (Wildman–Crippen LogP) is 6.63. The molecule has 1 N–H and O–H groups in total. The first-order valence-corrected chi connectivity index (χ1v) is 17.1. The number of hydrogen-bond donors (Lipinski definition) is 1. The van der Waals surface area contributed by atoms with Crippen LogP contribution in [0.25, 0.3) is 5.57 Å². The minimum Gasteiger partial charge on any atom is -0.508 e. The van der Waals surface area contributed by atoms with E-state index in [-0.39, 0.29) is 47.8 Å². The van der Waals surface area contributed by atoms with Crippen LogP contribution in [0.15, 0.2) is 121 Å².